The Kier molecular flexibility index (Phi) is 7.33. The minimum atomic E-state index is -0.0772. The molecule has 0 N–H and O–H groups in total. The highest BCUT2D eigenvalue weighted by atomic mass is 16.5. The van der Waals surface area contributed by atoms with Crippen molar-refractivity contribution in [1.82, 2.24) is 19.7 Å². The first-order valence-electron chi connectivity index (χ1n) is 11.5. The van der Waals surface area contributed by atoms with Gasteiger partial charge >= 0.3 is 0 Å². The summed E-state index contributed by atoms with van der Waals surface area (Å²) >= 11 is 0. The third-order valence-corrected chi connectivity index (χ3v) is 6.45. The lowest BCUT2D eigenvalue weighted by Crippen LogP contribution is -2.47. The Morgan fingerprint density at radius 3 is 2.57 bits per heavy atom. The Morgan fingerprint density at radius 2 is 1.83 bits per heavy atom. The maximum atomic E-state index is 13.5. The molecule has 1 aromatic rings. The van der Waals surface area contributed by atoms with E-state index < -0.39 is 0 Å². The predicted molar refractivity (Wildman–Crippen MR) is 114 cm³/mol. The zero-order valence-electron chi connectivity index (χ0n) is 17.9. The van der Waals surface area contributed by atoms with Crippen molar-refractivity contribution in [1.29, 1.82) is 0 Å². The maximum Gasteiger partial charge on any atom is 0.227 e. The van der Waals surface area contributed by atoms with Crippen molar-refractivity contribution in [2.45, 2.75) is 38.6 Å². The highest BCUT2D eigenvalue weighted by Crippen LogP contribution is 2.32. The molecule has 2 aliphatic heterocycles. The minimum absolute atomic E-state index is 0.0772. The van der Waals surface area contributed by atoms with Gasteiger partial charge < -0.3 is 14.5 Å². The van der Waals surface area contributed by atoms with E-state index >= 15 is 0 Å². The lowest BCUT2D eigenvalue weighted by Gasteiger charge is -2.35. The van der Waals surface area contributed by atoms with Crippen LogP contribution in [0.25, 0.3) is 0 Å². The van der Waals surface area contributed by atoms with Gasteiger partial charge in [-0.3, -0.25) is 19.5 Å². The van der Waals surface area contributed by atoms with Crippen LogP contribution in [0.15, 0.2) is 24.5 Å². The summed E-state index contributed by atoms with van der Waals surface area (Å²) in [5, 5.41) is 0. The van der Waals surface area contributed by atoms with E-state index in [0.717, 1.165) is 83.6 Å². The van der Waals surface area contributed by atoms with E-state index in [1.165, 1.54) is 0 Å². The largest absolute Gasteiger partial charge is 0.379 e. The molecule has 0 aromatic carbocycles. The molecule has 0 bridgehead atoms. The number of rotatable bonds is 8. The number of amides is 2. The van der Waals surface area contributed by atoms with E-state index in [0.29, 0.717) is 13.1 Å². The average Bonchev–Trinajstić information content (AvgIpc) is 3.64. The molecule has 4 rings (SSSR count). The molecule has 1 saturated carbocycles. The fourth-order valence-electron chi connectivity index (χ4n) is 4.51. The van der Waals surface area contributed by atoms with Gasteiger partial charge in [0.2, 0.25) is 11.8 Å². The van der Waals surface area contributed by atoms with Crippen LogP contribution in [0.3, 0.4) is 0 Å². The van der Waals surface area contributed by atoms with Crippen LogP contribution in [0, 0.1) is 11.8 Å². The van der Waals surface area contributed by atoms with E-state index in [9.17, 15) is 9.59 Å². The van der Waals surface area contributed by atoms with Crippen LogP contribution in [-0.4, -0.2) is 84.0 Å². The third-order valence-electron chi connectivity index (χ3n) is 6.45. The van der Waals surface area contributed by atoms with E-state index in [4.69, 9.17) is 4.74 Å². The number of pyridine rings is 1. The molecule has 1 aliphatic carbocycles. The Hall–Kier alpha value is -1.99. The monoisotopic (exact) mass is 414 g/mol. The summed E-state index contributed by atoms with van der Waals surface area (Å²) in [4.78, 5) is 36.5. The smallest absolute Gasteiger partial charge is 0.227 e. The summed E-state index contributed by atoms with van der Waals surface area (Å²) < 4.78 is 5.43. The van der Waals surface area contributed by atoms with E-state index in [2.05, 4.69) is 9.88 Å². The van der Waals surface area contributed by atoms with Gasteiger partial charge in [-0.1, -0.05) is 0 Å². The van der Waals surface area contributed by atoms with Crippen LogP contribution in [0.1, 0.15) is 37.7 Å². The van der Waals surface area contributed by atoms with Gasteiger partial charge in [-0.25, -0.2) is 0 Å². The zero-order chi connectivity index (χ0) is 20.8. The number of carbonyl (C=O) groups is 2. The fraction of sp³-hybridized carbons (Fsp3) is 0.696. The molecule has 1 unspecified atom stereocenters. The predicted octanol–water partition coefficient (Wildman–Crippen LogP) is 1.78. The summed E-state index contributed by atoms with van der Waals surface area (Å²) in [6.45, 7) is 7.27. The second-order valence-corrected chi connectivity index (χ2v) is 8.82. The first kappa shape index (κ1) is 21.2. The maximum absolute atomic E-state index is 13.5. The van der Waals surface area contributed by atoms with Crippen LogP contribution in [0.5, 0.6) is 0 Å². The molecule has 3 aliphatic rings. The number of morpholine rings is 1. The Morgan fingerprint density at radius 1 is 1.07 bits per heavy atom. The Bertz CT molecular complexity index is 704. The summed E-state index contributed by atoms with van der Waals surface area (Å²) in [6.07, 6.45) is 8.35. The first-order chi connectivity index (χ1) is 14.7. The molecule has 7 heteroatoms. The minimum Gasteiger partial charge on any atom is -0.379 e. The van der Waals surface area contributed by atoms with E-state index in [-0.39, 0.29) is 23.7 Å². The topological polar surface area (TPSA) is 66.0 Å². The molecule has 2 saturated heterocycles. The van der Waals surface area contributed by atoms with Crippen LogP contribution in [0.2, 0.25) is 0 Å². The van der Waals surface area contributed by atoms with Gasteiger partial charge in [0, 0.05) is 64.1 Å². The quantitative estimate of drug-likeness (QED) is 0.649. The molecule has 2 amide bonds. The van der Waals surface area contributed by atoms with Crippen molar-refractivity contribution < 1.29 is 14.3 Å². The number of likely N-dealkylation sites (tertiary alicyclic amines) is 1. The first-order valence-corrected chi connectivity index (χ1v) is 11.5. The number of hydrogen-bond donors (Lipinski definition) is 0. The highest BCUT2D eigenvalue weighted by Gasteiger charge is 2.37. The van der Waals surface area contributed by atoms with Crippen molar-refractivity contribution in [3.05, 3.63) is 30.1 Å². The molecule has 7 nitrogen and oxygen atoms in total. The molecule has 1 aromatic heterocycles. The molecular weight excluding hydrogens is 380 g/mol. The summed E-state index contributed by atoms with van der Waals surface area (Å²) in [7, 11) is 0. The molecule has 1 atom stereocenters. The highest BCUT2D eigenvalue weighted by molar-refractivity contribution is 5.83. The van der Waals surface area contributed by atoms with Gasteiger partial charge in [-0.05, 0) is 49.8 Å². The number of nitrogens with zero attached hydrogens (tertiary/aromatic N) is 4. The number of ether oxygens (including phenoxy) is 1. The molecule has 3 fully saturated rings. The number of carbonyl (C=O) groups excluding carboxylic acids is 2. The molecule has 0 radical (unpaired) electrons. The number of piperidine rings is 1. The fourth-order valence-corrected chi connectivity index (χ4v) is 4.51. The summed E-state index contributed by atoms with van der Waals surface area (Å²) in [5.74, 6) is 0.606. The van der Waals surface area contributed by atoms with Crippen molar-refractivity contribution >= 4 is 11.8 Å². The van der Waals surface area contributed by atoms with Gasteiger partial charge in [-0.15, -0.1) is 0 Å². The van der Waals surface area contributed by atoms with Gasteiger partial charge in [0.05, 0.1) is 19.1 Å². The van der Waals surface area contributed by atoms with Crippen LogP contribution < -0.4 is 0 Å². The van der Waals surface area contributed by atoms with Gasteiger partial charge in [0.25, 0.3) is 0 Å². The van der Waals surface area contributed by atoms with Crippen molar-refractivity contribution in [2.75, 3.05) is 52.5 Å². The van der Waals surface area contributed by atoms with Crippen LogP contribution in [-0.2, 0) is 20.9 Å². The van der Waals surface area contributed by atoms with Crippen molar-refractivity contribution in [2.24, 2.45) is 11.8 Å². The van der Waals surface area contributed by atoms with Crippen molar-refractivity contribution in [3.8, 4) is 0 Å². The summed E-state index contributed by atoms with van der Waals surface area (Å²) in [6, 6.07) is 3.96. The molecule has 3 heterocycles. The lowest BCUT2D eigenvalue weighted by molar-refractivity contribution is -0.142. The standard InChI is InChI=1S/C23H34N4O3/c28-22(20-4-5-20)27-11-1-3-21(18-27)23(29)26(17-19-6-8-24-9-7-19)12-2-10-25-13-15-30-16-14-25/h6-9,20-21H,1-5,10-18H2. The molecule has 164 valence electrons. The van der Waals surface area contributed by atoms with Gasteiger partial charge in [-0.2, -0.15) is 0 Å². The second-order valence-electron chi connectivity index (χ2n) is 8.82. The van der Waals surface area contributed by atoms with Crippen LogP contribution in [0.4, 0.5) is 0 Å². The summed E-state index contributed by atoms with van der Waals surface area (Å²) in [5.41, 5.74) is 1.10. The SMILES string of the molecule is O=C(C1CCCN(C(=O)C2CC2)C1)N(CCCN1CCOCC1)Cc1ccncc1. The Balaban J connectivity index is 1.36. The third kappa shape index (κ3) is 5.79. The Labute approximate surface area is 179 Å². The zero-order valence-corrected chi connectivity index (χ0v) is 17.9. The number of hydrogen-bond acceptors (Lipinski definition) is 5. The van der Waals surface area contributed by atoms with E-state index in [1.54, 1.807) is 12.4 Å². The van der Waals surface area contributed by atoms with Crippen LogP contribution >= 0.6 is 0 Å². The molecule has 30 heavy (non-hydrogen) atoms. The second kappa shape index (κ2) is 10.4. The lowest BCUT2D eigenvalue weighted by atomic mass is 9.95. The number of aromatic nitrogens is 1. The van der Waals surface area contributed by atoms with Crippen molar-refractivity contribution in [3.63, 3.8) is 0 Å². The van der Waals surface area contributed by atoms with Gasteiger partial charge in [0.15, 0.2) is 0 Å². The normalized spacial score (nSPS) is 22.7. The average molecular weight is 415 g/mol. The molecular formula is C23H34N4O3. The molecule has 0 spiro atoms. The van der Waals surface area contributed by atoms with E-state index in [1.807, 2.05) is 21.9 Å². The van der Waals surface area contributed by atoms with Gasteiger partial charge in [0.1, 0.15) is 0 Å².